The third kappa shape index (κ3) is 2.13. The van der Waals surface area contributed by atoms with Crippen LogP contribution in [0.5, 0.6) is 0 Å². The molecule has 90 valence electrons. The summed E-state index contributed by atoms with van der Waals surface area (Å²) in [6.07, 6.45) is 2.33. The molecule has 2 rings (SSSR count). The van der Waals surface area contributed by atoms with Gasteiger partial charge in [0.1, 0.15) is 19.3 Å². The van der Waals surface area contributed by atoms with Crippen molar-refractivity contribution in [1.29, 1.82) is 0 Å². The van der Waals surface area contributed by atoms with Crippen LogP contribution < -0.4 is 0 Å². The molecular weight excluding hydrogens is 268 g/mol. The number of alkyl halides is 1. The molecule has 17 heavy (non-hydrogen) atoms. The Bertz CT molecular complexity index is 520. The maximum Gasteiger partial charge on any atom is 0.252 e. The molecule has 4 nitrogen and oxygen atoms in total. The van der Waals surface area contributed by atoms with E-state index in [1.165, 1.54) is 24.5 Å². The van der Waals surface area contributed by atoms with Crippen molar-refractivity contribution in [3.63, 3.8) is 0 Å². The molecule has 1 heterocycles. The summed E-state index contributed by atoms with van der Waals surface area (Å²) < 4.78 is 15.6. The molecule has 1 aromatic heterocycles. The number of rotatable bonds is 3. The van der Waals surface area contributed by atoms with E-state index in [9.17, 15) is 9.50 Å². The van der Waals surface area contributed by atoms with Gasteiger partial charge in [0.2, 0.25) is 0 Å². The summed E-state index contributed by atoms with van der Waals surface area (Å²) in [5, 5.41) is 13.4. The Balaban J connectivity index is 2.59. The lowest BCUT2D eigenvalue weighted by atomic mass is 10.1. The summed E-state index contributed by atoms with van der Waals surface area (Å²) in [5.74, 6) is -2.28. The number of benzene rings is 1. The molecule has 1 N–H and O–H groups in total. The first-order valence-corrected chi connectivity index (χ1v) is 5.44. The lowest BCUT2D eigenvalue weighted by Crippen LogP contribution is -2.34. The van der Waals surface area contributed by atoms with Gasteiger partial charge in [-0.05, 0) is 18.2 Å². The fourth-order valence-electron chi connectivity index (χ4n) is 1.46. The Morgan fingerprint density at radius 1 is 1.41 bits per heavy atom. The predicted molar refractivity (Wildman–Crippen MR) is 61.8 cm³/mol. The normalized spacial score (nSPS) is 14.6. The summed E-state index contributed by atoms with van der Waals surface area (Å²) >= 11 is 11.7. The molecule has 1 atom stereocenters. The lowest BCUT2D eigenvalue weighted by molar-refractivity contribution is 0.0287. The first kappa shape index (κ1) is 12.3. The van der Waals surface area contributed by atoms with Gasteiger partial charge in [0.15, 0.2) is 0 Å². The van der Waals surface area contributed by atoms with Crippen molar-refractivity contribution in [2.24, 2.45) is 0 Å². The average Bonchev–Trinajstić information content (AvgIpc) is 2.85. The van der Waals surface area contributed by atoms with Crippen molar-refractivity contribution in [3.05, 3.63) is 46.5 Å². The molecule has 0 radical (unpaired) electrons. The highest BCUT2D eigenvalue weighted by Gasteiger charge is 2.36. The molecule has 0 bridgehead atoms. The minimum absolute atomic E-state index is 0.0414. The zero-order chi connectivity index (χ0) is 12.5. The van der Waals surface area contributed by atoms with E-state index < -0.39 is 12.4 Å². The predicted octanol–water partition coefficient (Wildman–Crippen LogP) is 2.25. The van der Waals surface area contributed by atoms with E-state index in [-0.39, 0.29) is 10.6 Å². The molecule has 0 spiro atoms. The van der Waals surface area contributed by atoms with Crippen molar-refractivity contribution in [3.8, 4) is 0 Å². The largest absolute Gasteiger partial charge is 0.391 e. The van der Waals surface area contributed by atoms with E-state index >= 15 is 0 Å². The smallest absolute Gasteiger partial charge is 0.252 e. The SMILES string of the molecule is OCC(F)(c1cc(Cl)ccc1Cl)n1cncn1. The molecule has 0 aliphatic rings. The zero-order valence-corrected chi connectivity index (χ0v) is 10.0. The molecule has 1 unspecified atom stereocenters. The molecule has 1 aromatic carbocycles. The van der Waals surface area contributed by atoms with Crippen LogP contribution in [0, 0.1) is 0 Å². The summed E-state index contributed by atoms with van der Waals surface area (Å²) in [6, 6.07) is 4.34. The molecular formula is C10H8Cl2FN3O. The number of aliphatic hydroxyl groups is 1. The summed E-state index contributed by atoms with van der Waals surface area (Å²) in [7, 11) is 0. The maximum absolute atomic E-state index is 14.7. The van der Waals surface area contributed by atoms with Crippen molar-refractivity contribution < 1.29 is 9.50 Å². The number of aliphatic hydroxyl groups excluding tert-OH is 1. The van der Waals surface area contributed by atoms with Gasteiger partial charge in [0, 0.05) is 15.6 Å². The Kier molecular flexibility index (Phi) is 3.33. The van der Waals surface area contributed by atoms with Crippen LogP contribution in [0.25, 0.3) is 0 Å². The van der Waals surface area contributed by atoms with Crippen LogP contribution in [0.1, 0.15) is 5.56 Å². The number of hydrogen-bond acceptors (Lipinski definition) is 3. The standard InChI is InChI=1S/C10H8Cl2FN3O/c11-7-1-2-9(12)8(3-7)10(13,4-17)16-6-14-5-15-16/h1-3,5-6,17H,4H2. The van der Waals surface area contributed by atoms with Gasteiger partial charge in [0.25, 0.3) is 5.79 Å². The van der Waals surface area contributed by atoms with Gasteiger partial charge in [-0.2, -0.15) is 5.10 Å². The van der Waals surface area contributed by atoms with Crippen molar-refractivity contribution >= 4 is 23.2 Å². The Labute approximate surface area is 107 Å². The highest BCUT2D eigenvalue weighted by molar-refractivity contribution is 6.33. The van der Waals surface area contributed by atoms with Crippen LogP contribution in [0.4, 0.5) is 4.39 Å². The van der Waals surface area contributed by atoms with E-state index in [4.69, 9.17) is 23.2 Å². The van der Waals surface area contributed by atoms with E-state index in [0.29, 0.717) is 5.02 Å². The van der Waals surface area contributed by atoms with Crippen LogP contribution in [0.3, 0.4) is 0 Å². The van der Waals surface area contributed by atoms with Gasteiger partial charge >= 0.3 is 0 Å². The van der Waals surface area contributed by atoms with Gasteiger partial charge in [0.05, 0.1) is 0 Å². The fourth-order valence-corrected chi connectivity index (χ4v) is 1.90. The Morgan fingerprint density at radius 3 is 2.76 bits per heavy atom. The minimum atomic E-state index is -2.28. The quantitative estimate of drug-likeness (QED) is 0.935. The van der Waals surface area contributed by atoms with Crippen LogP contribution in [-0.2, 0) is 5.79 Å². The fraction of sp³-hybridized carbons (Fsp3) is 0.200. The van der Waals surface area contributed by atoms with Gasteiger partial charge < -0.3 is 5.11 Å². The average molecular weight is 276 g/mol. The molecule has 2 aromatic rings. The van der Waals surface area contributed by atoms with Gasteiger partial charge in [-0.3, -0.25) is 0 Å². The van der Waals surface area contributed by atoms with E-state index in [1.54, 1.807) is 0 Å². The van der Waals surface area contributed by atoms with E-state index in [0.717, 1.165) is 11.0 Å². The van der Waals surface area contributed by atoms with Gasteiger partial charge in [-0.1, -0.05) is 23.2 Å². The molecule has 7 heteroatoms. The van der Waals surface area contributed by atoms with Crippen molar-refractivity contribution in [2.45, 2.75) is 5.79 Å². The van der Waals surface area contributed by atoms with Crippen LogP contribution in [0.15, 0.2) is 30.9 Å². The molecule has 0 amide bonds. The van der Waals surface area contributed by atoms with Gasteiger partial charge in [-0.15, -0.1) is 0 Å². The topological polar surface area (TPSA) is 50.9 Å². The van der Waals surface area contributed by atoms with Crippen LogP contribution in [0.2, 0.25) is 10.0 Å². The molecule has 0 fully saturated rings. The first-order valence-electron chi connectivity index (χ1n) is 4.68. The molecule has 0 aliphatic heterocycles. The molecule has 0 saturated heterocycles. The first-order chi connectivity index (χ1) is 8.08. The van der Waals surface area contributed by atoms with Gasteiger partial charge in [-0.25, -0.2) is 14.1 Å². The summed E-state index contributed by atoms with van der Waals surface area (Å²) in [6.45, 7) is -0.823. The molecule has 0 aliphatic carbocycles. The second-order valence-electron chi connectivity index (χ2n) is 3.38. The van der Waals surface area contributed by atoms with E-state index in [2.05, 4.69) is 10.1 Å². The second-order valence-corrected chi connectivity index (χ2v) is 4.23. The third-order valence-electron chi connectivity index (χ3n) is 2.33. The van der Waals surface area contributed by atoms with Crippen molar-refractivity contribution in [2.75, 3.05) is 6.61 Å². The number of nitrogens with zero attached hydrogens (tertiary/aromatic N) is 3. The van der Waals surface area contributed by atoms with Crippen LogP contribution >= 0.6 is 23.2 Å². The maximum atomic E-state index is 14.7. The number of halogens is 3. The minimum Gasteiger partial charge on any atom is -0.391 e. The third-order valence-corrected chi connectivity index (χ3v) is 2.90. The van der Waals surface area contributed by atoms with Crippen LogP contribution in [-0.4, -0.2) is 26.5 Å². The lowest BCUT2D eigenvalue weighted by Gasteiger charge is -2.24. The summed E-state index contributed by atoms with van der Waals surface area (Å²) in [5.41, 5.74) is 0.0414. The highest BCUT2D eigenvalue weighted by atomic mass is 35.5. The highest BCUT2D eigenvalue weighted by Crippen LogP contribution is 2.34. The Morgan fingerprint density at radius 2 is 2.18 bits per heavy atom. The molecule has 0 saturated carbocycles. The number of aromatic nitrogens is 3. The zero-order valence-electron chi connectivity index (χ0n) is 8.52. The second kappa shape index (κ2) is 4.60. The van der Waals surface area contributed by atoms with Crippen molar-refractivity contribution in [1.82, 2.24) is 14.8 Å². The number of hydrogen-bond donors (Lipinski definition) is 1. The monoisotopic (exact) mass is 275 g/mol. The Hall–Kier alpha value is -1.17. The van der Waals surface area contributed by atoms with E-state index in [1.807, 2.05) is 0 Å². The summed E-state index contributed by atoms with van der Waals surface area (Å²) in [4.78, 5) is 3.64.